The summed E-state index contributed by atoms with van der Waals surface area (Å²) in [4.78, 5) is 10.9. The van der Waals surface area contributed by atoms with Crippen LogP contribution in [0.4, 0.5) is 0 Å². The molecule has 0 unspecified atom stereocenters. The fraction of sp³-hybridized carbons (Fsp3) is 0.556. The van der Waals surface area contributed by atoms with Gasteiger partial charge in [0.1, 0.15) is 0 Å². The Balaban J connectivity index is 2.13. The topological polar surface area (TPSA) is 64.3 Å². The highest BCUT2D eigenvalue weighted by Gasteiger charge is 2.33. The zero-order valence-corrected chi connectivity index (χ0v) is 7.56. The fourth-order valence-electron chi connectivity index (χ4n) is 1.85. The van der Waals surface area contributed by atoms with Crippen molar-refractivity contribution >= 4 is 5.97 Å². The summed E-state index contributed by atoms with van der Waals surface area (Å²) in [6.45, 7) is 0.899. The number of carbonyl (C=O) groups is 1. The zero-order chi connectivity index (χ0) is 9.71. The molecular formula is C9H10N2O3. The largest absolute Gasteiger partial charge is 0.476 e. The van der Waals surface area contributed by atoms with E-state index in [9.17, 15) is 4.79 Å². The normalized spacial score (nSPS) is 19.7. The van der Waals surface area contributed by atoms with E-state index in [2.05, 4.69) is 5.10 Å². The first kappa shape index (κ1) is 7.99. The van der Waals surface area contributed by atoms with Gasteiger partial charge < -0.3 is 9.84 Å². The van der Waals surface area contributed by atoms with Crippen LogP contribution in [-0.4, -0.2) is 20.9 Å². The maximum Gasteiger partial charge on any atom is 0.356 e. The van der Waals surface area contributed by atoms with Gasteiger partial charge in [0.05, 0.1) is 24.9 Å². The number of rotatable bonds is 2. The number of aromatic carboxylic acids is 1. The van der Waals surface area contributed by atoms with E-state index in [0.717, 1.165) is 24.1 Å². The van der Waals surface area contributed by atoms with Crippen LogP contribution in [0.2, 0.25) is 0 Å². The predicted molar refractivity (Wildman–Crippen MR) is 46.0 cm³/mol. The van der Waals surface area contributed by atoms with Crippen LogP contribution in [-0.2, 0) is 18.0 Å². The molecule has 1 aromatic heterocycles. The van der Waals surface area contributed by atoms with E-state index < -0.39 is 5.97 Å². The van der Waals surface area contributed by atoms with Gasteiger partial charge in [0.2, 0.25) is 0 Å². The lowest BCUT2D eigenvalue weighted by Gasteiger charge is -2.00. The van der Waals surface area contributed by atoms with Gasteiger partial charge in [0, 0.05) is 5.56 Å². The second kappa shape index (κ2) is 2.57. The monoisotopic (exact) mass is 194 g/mol. The lowest BCUT2D eigenvalue weighted by Crippen LogP contribution is -2.05. The summed E-state index contributed by atoms with van der Waals surface area (Å²) in [7, 11) is 0. The number of carboxylic acid groups (broad SMARTS) is 1. The minimum atomic E-state index is -0.953. The molecule has 1 aromatic rings. The molecule has 2 aliphatic rings. The average molecular weight is 194 g/mol. The maximum atomic E-state index is 10.9. The maximum absolute atomic E-state index is 10.9. The van der Waals surface area contributed by atoms with E-state index in [0.29, 0.717) is 19.3 Å². The van der Waals surface area contributed by atoms with Crippen molar-refractivity contribution < 1.29 is 14.6 Å². The fourth-order valence-corrected chi connectivity index (χ4v) is 1.85. The Labute approximate surface area is 80.3 Å². The van der Waals surface area contributed by atoms with Gasteiger partial charge in [-0.25, -0.2) is 4.79 Å². The molecule has 0 radical (unpaired) electrons. The summed E-state index contributed by atoms with van der Waals surface area (Å²) in [6, 6.07) is 0.415. The molecule has 2 heterocycles. The molecule has 1 saturated carbocycles. The lowest BCUT2D eigenvalue weighted by molar-refractivity contribution is 0.0681. The van der Waals surface area contributed by atoms with E-state index in [1.54, 1.807) is 0 Å². The molecule has 5 nitrogen and oxygen atoms in total. The highest BCUT2D eigenvalue weighted by molar-refractivity contribution is 5.87. The van der Waals surface area contributed by atoms with Crippen molar-refractivity contribution in [1.29, 1.82) is 0 Å². The minimum Gasteiger partial charge on any atom is -0.476 e. The average Bonchev–Trinajstić information content (AvgIpc) is 2.76. The molecule has 5 heteroatoms. The molecule has 1 N–H and O–H groups in total. The molecule has 1 aliphatic carbocycles. The first-order chi connectivity index (χ1) is 6.77. The van der Waals surface area contributed by atoms with Crippen LogP contribution >= 0.6 is 0 Å². The van der Waals surface area contributed by atoms with Gasteiger partial charge in [0.25, 0.3) is 0 Å². The predicted octanol–water partition coefficient (Wildman–Crippen LogP) is 0.946. The molecule has 1 aliphatic heterocycles. The summed E-state index contributed by atoms with van der Waals surface area (Å²) in [6.07, 6.45) is 2.21. The van der Waals surface area contributed by atoms with Crippen LogP contribution in [0.1, 0.15) is 40.6 Å². The van der Waals surface area contributed by atoms with E-state index in [1.165, 1.54) is 0 Å². The molecule has 0 amide bonds. The molecule has 0 aromatic carbocycles. The Bertz CT molecular complexity index is 406. The van der Waals surface area contributed by atoms with E-state index >= 15 is 0 Å². The van der Waals surface area contributed by atoms with Gasteiger partial charge in [-0.15, -0.1) is 0 Å². The number of aromatic nitrogens is 2. The number of hydrogen-bond acceptors (Lipinski definition) is 3. The summed E-state index contributed by atoms with van der Waals surface area (Å²) < 4.78 is 7.08. The first-order valence-electron chi connectivity index (χ1n) is 4.68. The lowest BCUT2D eigenvalue weighted by atomic mass is 10.2. The molecule has 74 valence electrons. The highest BCUT2D eigenvalue weighted by Crippen LogP contribution is 2.38. The number of hydrogen-bond donors (Lipinski definition) is 1. The van der Waals surface area contributed by atoms with Gasteiger partial charge in [-0.2, -0.15) is 5.10 Å². The molecule has 0 saturated heterocycles. The molecular weight excluding hydrogens is 184 g/mol. The van der Waals surface area contributed by atoms with Gasteiger partial charge in [-0.1, -0.05) is 0 Å². The third-order valence-corrected chi connectivity index (χ3v) is 2.70. The highest BCUT2D eigenvalue weighted by atomic mass is 16.5. The van der Waals surface area contributed by atoms with E-state index in [1.807, 2.05) is 4.68 Å². The van der Waals surface area contributed by atoms with Crippen LogP contribution < -0.4 is 0 Å². The van der Waals surface area contributed by atoms with E-state index in [4.69, 9.17) is 9.84 Å². The van der Waals surface area contributed by atoms with Crippen molar-refractivity contribution in [2.24, 2.45) is 0 Å². The van der Waals surface area contributed by atoms with Gasteiger partial charge in [-0.3, -0.25) is 4.68 Å². The number of ether oxygens (including phenoxy) is 1. The SMILES string of the molecule is O=C(O)c1nn(C2CC2)c2c1COC2. The Morgan fingerprint density at radius 3 is 2.93 bits per heavy atom. The molecule has 0 bridgehead atoms. The van der Waals surface area contributed by atoms with Crippen molar-refractivity contribution in [2.45, 2.75) is 32.1 Å². The Hall–Kier alpha value is -1.36. The zero-order valence-electron chi connectivity index (χ0n) is 7.56. The molecule has 1 fully saturated rings. The minimum absolute atomic E-state index is 0.171. The van der Waals surface area contributed by atoms with Crippen molar-refractivity contribution in [1.82, 2.24) is 9.78 Å². The Kier molecular flexibility index (Phi) is 1.47. The second-order valence-electron chi connectivity index (χ2n) is 3.75. The third kappa shape index (κ3) is 0.988. The number of nitrogens with zero attached hydrogens (tertiary/aromatic N) is 2. The summed E-state index contributed by atoms with van der Waals surface area (Å²) in [5, 5.41) is 13.1. The summed E-state index contributed by atoms with van der Waals surface area (Å²) >= 11 is 0. The molecule has 3 rings (SSSR count). The van der Waals surface area contributed by atoms with Gasteiger partial charge in [-0.05, 0) is 12.8 Å². The van der Waals surface area contributed by atoms with Gasteiger partial charge >= 0.3 is 5.97 Å². The standard InChI is InChI=1S/C9H10N2O3/c12-9(13)8-6-3-14-4-7(6)11(10-8)5-1-2-5/h5H,1-4H2,(H,12,13). The van der Waals surface area contributed by atoms with Crippen molar-refractivity contribution in [3.63, 3.8) is 0 Å². The van der Waals surface area contributed by atoms with Crippen LogP contribution in [0.25, 0.3) is 0 Å². The number of fused-ring (bicyclic) bond motifs is 1. The quantitative estimate of drug-likeness (QED) is 0.761. The molecule has 0 atom stereocenters. The van der Waals surface area contributed by atoms with Crippen molar-refractivity contribution in [3.8, 4) is 0 Å². The van der Waals surface area contributed by atoms with Crippen molar-refractivity contribution in [3.05, 3.63) is 17.0 Å². The summed E-state index contributed by atoms with van der Waals surface area (Å²) in [5.41, 5.74) is 1.90. The molecule has 14 heavy (non-hydrogen) atoms. The number of carboxylic acids is 1. The van der Waals surface area contributed by atoms with E-state index in [-0.39, 0.29) is 5.69 Å². The first-order valence-corrected chi connectivity index (χ1v) is 4.68. The second-order valence-corrected chi connectivity index (χ2v) is 3.75. The Morgan fingerprint density at radius 1 is 1.50 bits per heavy atom. The smallest absolute Gasteiger partial charge is 0.356 e. The summed E-state index contributed by atoms with van der Waals surface area (Å²) in [5.74, 6) is -0.953. The Morgan fingerprint density at radius 2 is 2.29 bits per heavy atom. The van der Waals surface area contributed by atoms with Crippen molar-refractivity contribution in [2.75, 3.05) is 0 Å². The van der Waals surface area contributed by atoms with Gasteiger partial charge in [0.15, 0.2) is 5.69 Å². The van der Waals surface area contributed by atoms with Crippen LogP contribution in [0.5, 0.6) is 0 Å². The van der Waals surface area contributed by atoms with Crippen LogP contribution in [0, 0.1) is 0 Å². The van der Waals surface area contributed by atoms with Crippen LogP contribution in [0.3, 0.4) is 0 Å². The van der Waals surface area contributed by atoms with Crippen LogP contribution in [0.15, 0.2) is 0 Å². The third-order valence-electron chi connectivity index (χ3n) is 2.70. The molecule has 0 spiro atoms.